The van der Waals surface area contributed by atoms with Gasteiger partial charge < -0.3 is 14.2 Å². The molecule has 3 rings (SSSR count). The average molecular weight is 430 g/mol. The molecule has 0 aliphatic carbocycles. The van der Waals surface area contributed by atoms with E-state index in [1.807, 2.05) is 19.9 Å². The predicted octanol–water partition coefficient (Wildman–Crippen LogP) is 3.71. The van der Waals surface area contributed by atoms with Gasteiger partial charge in [0.05, 0.1) is 27.0 Å². The number of thiazole rings is 1. The molecule has 0 saturated carbocycles. The molecule has 9 nitrogen and oxygen atoms in total. The minimum atomic E-state index is -0.535. The lowest BCUT2D eigenvalue weighted by Gasteiger charge is -2.08. The van der Waals surface area contributed by atoms with Gasteiger partial charge in [-0.1, -0.05) is 13.8 Å². The first-order valence-corrected chi connectivity index (χ1v) is 9.87. The number of hydrogen-bond acceptors (Lipinski definition) is 8. The minimum absolute atomic E-state index is 0.0612. The summed E-state index contributed by atoms with van der Waals surface area (Å²) in [5.41, 5.74) is 1.79. The number of aromatic amines is 1. The van der Waals surface area contributed by atoms with Gasteiger partial charge >= 0.3 is 5.97 Å². The summed E-state index contributed by atoms with van der Waals surface area (Å²) in [6, 6.07) is 6.97. The van der Waals surface area contributed by atoms with Crippen molar-refractivity contribution in [2.45, 2.75) is 19.8 Å². The Morgan fingerprint density at radius 2 is 1.83 bits per heavy atom. The van der Waals surface area contributed by atoms with Crippen molar-refractivity contribution in [1.29, 1.82) is 0 Å². The number of carbonyl (C=O) groups excluding carboxylic acids is 2. The van der Waals surface area contributed by atoms with Gasteiger partial charge in [0.2, 0.25) is 0 Å². The number of nitrogens with one attached hydrogen (secondary N) is 2. The van der Waals surface area contributed by atoms with Gasteiger partial charge in [0, 0.05) is 10.4 Å². The Balaban J connectivity index is 1.81. The molecule has 158 valence electrons. The minimum Gasteiger partial charge on any atom is -0.493 e. The zero-order valence-electron chi connectivity index (χ0n) is 17.2. The first kappa shape index (κ1) is 21.3. The summed E-state index contributed by atoms with van der Waals surface area (Å²) in [5, 5.41) is 9.93. The van der Waals surface area contributed by atoms with Gasteiger partial charge in [-0.3, -0.25) is 15.2 Å². The van der Waals surface area contributed by atoms with Crippen molar-refractivity contribution in [3.05, 3.63) is 40.5 Å². The third kappa shape index (κ3) is 4.28. The van der Waals surface area contributed by atoms with Crippen LogP contribution in [0.4, 0.5) is 5.13 Å². The van der Waals surface area contributed by atoms with E-state index < -0.39 is 11.9 Å². The highest BCUT2D eigenvalue weighted by atomic mass is 32.1. The van der Waals surface area contributed by atoms with Gasteiger partial charge in [0.1, 0.15) is 5.69 Å². The molecule has 0 spiro atoms. The van der Waals surface area contributed by atoms with Gasteiger partial charge in [0.25, 0.3) is 5.91 Å². The Bertz CT molecular complexity index is 1070. The molecular formula is C20H22N4O5S. The third-order valence-electron chi connectivity index (χ3n) is 4.28. The van der Waals surface area contributed by atoms with Crippen LogP contribution in [0.1, 0.15) is 45.6 Å². The highest BCUT2D eigenvalue weighted by Crippen LogP contribution is 2.32. The van der Waals surface area contributed by atoms with E-state index in [0.717, 1.165) is 10.4 Å². The van der Waals surface area contributed by atoms with Crippen LogP contribution in [0, 0.1) is 0 Å². The fourth-order valence-electron chi connectivity index (χ4n) is 2.77. The smallest absolute Gasteiger partial charge is 0.357 e. The molecule has 0 saturated heterocycles. The quantitative estimate of drug-likeness (QED) is 0.549. The van der Waals surface area contributed by atoms with E-state index in [0.29, 0.717) is 22.3 Å². The second-order valence-corrected chi connectivity index (χ2v) is 7.60. The summed E-state index contributed by atoms with van der Waals surface area (Å²) in [5.74, 6) is 0.262. The zero-order chi connectivity index (χ0) is 21.8. The molecule has 0 radical (unpaired) electrons. The van der Waals surface area contributed by atoms with Gasteiger partial charge in [-0.05, 0) is 30.2 Å². The molecule has 0 fully saturated rings. The van der Waals surface area contributed by atoms with Crippen LogP contribution in [0.2, 0.25) is 0 Å². The molecule has 0 unspecified atom stereocenters. The molecule has 1 amide bonds. The summed E-state index contributed by atoms with van der Waals surface area (Å²) in [7, 11) is 4.40. The van der Waals surface area contributed by atoms with E-state index in [-0.39, 0.29) is 17.3 Å². The Labute approximate surface area is 177 Å². The van der Waals surface area contributed by atoms with Crippen LogP contribution in [0.25, 0.3) is 11.3 Å². The zero-order valence-corrected chi connectivity index (χ0v) is 18.0. The summed E-state index contributed by atoms with van der Waals surface area (Å²) < 4.78 is 15.3. The average Bonchev–Trinajstić information content (AvgIpc) is 3.40. The number of nitrogens with zero attached hydrogens (tertiary/aromatic N) is 2. The number of hydrogen-bond donors (Lipinski definition) is 2. The number of amides is 1. The number of aromatic nitrogens is 3. The largest absolute Gasteiger partial charge is 0.493 e. The molecule has 2 heterocycles. The molecule has 2 N–H and O–H groups in total. The van der Waals surface area contributed by atoms with Crippen LogP contribution >= 0.6 is 11.3 Å². The van der Waals surface area contributed by atoms with Crippen LogP contribution in [0.15, 0.2) is 24.3 Å². The van der Waals surface area contributed by atoms with Crippen molar-refractivity contribution in [3.63, 3.8) is 0 Å². The van der Waals surface area contributed by atoms with Crippen molar-refractivity contribution in [2.75, 3.05) is 26.6 Å². The van der Waals surface area contributed by atoms with Crippen molar-refractivity contribution in [2.24, 2.45) is 0 Å². The Morgan fingerprint density at radius 1 is 1.10 bits per heavy atom. The second kappa shape index (κ2) is 8.95. The molecule has 0 aliphatic rings. The molecule has 3 aromatic rings. The summed E-state index contributed by atoms with van der Waals surface area (Å²) in [6.07, 6.45) is 0. The number of methoxy groups -OCH3 is 3. The summed E-state index contributed by atoms with van der Waals surface area (Å²) in [6.45, 7) is 3.88. The maximum atomic E-state index is 12.6. The van der Waals surface area contributed by atoms with E-state index in [1.54, 1.807) is 32.4 Å². The van der Waals surface area contributed by atoms with Crippen LogP contribution in [-0.4, -0.2) is 48.4 Å². The second-order valence-electron chi connectivity index (χ2n) is 6.57. The maximum absolute atomic E-state index is 12.6. The standard InChI is InChI=1S/C20H22N4O5S/c1-10(2)17-16(19(26)29-5)21-20(30-17)22-18(25)13-9-12(23-24-13)11-6-7-14(27-3)15(8-11)28-4/h6-10H,1-5H3,(H,23,24)(H,21,22,25). The fraction of sp³-hybridized carbons (Fsp3) is 0.300. The topological polar surface area (TPSA) is 115 Å². The first-order valence-electron chi connectivity index (χ1n) is 9.06. The normalized spacial score (nSPS) is 10.7. The van der Waals surface area contributed by atoms with E-state index in [9.17, 15) is 9.59 Å². The molecule has 30 heavy (non-hydrogen) atoms. The Kier molecular flexibility index (Phi) is 6.36. The molecule has 1 aromatic carbocycles. The van der Waals surface area contributed by atoms with Crippen molar-refractivity contribution >= 4 is 28.3 Å². The lowest BCUT2D eigenvalue weighted by atomic mass is 10.1. The van der Waals surface area contributed by atoms with E-state index in [2.05, 4.69) is 20.5 Å². The molecular weight excluding hydrogens is 408 g/mol. The van der Waals surface area contributed by atoms with Crippen LogP contribution in [-0.2, 0) is 4.74 Å². The Hall–Kier alpha value is -3.40. The van der Waals surface area contributed by atoms with Crippen LogP contribution in [0.5, 0.6) is 11.5 Å². The summed E-state index contributed by atoms with van der Waals surface area (Å²) >= 11 is 1.24. The lowest BCUT2D eigenvalue weighted by Crippen LogP contribution is -2.12. The van der Waals surface area contributed by atoms with Gasteiger partial charge in [-0.15, -0.1) is 11.3 Å². The van der Waals surface area contributed by atoms with E-state index in [1.165, 1.54) is 18.4 Å². The van der Waals surface area contributed by atoms with Gasteiger partial charge in [-0.2, -0.15) is 5.10 Å². The number of rotatable bonds is 7. The van der Waals surface area contributed by atoms with Gasteiger partial charge in [-0.25, -0.2) is 9.78 Å². The Morgan fingerprint density at radius 3 is 2.47 bits per heavy atom. The molecule has 0 atom stereocenters. The molecule has 0 aliphatic heterocycles. The number of benzene rings is 1. The fourth-order valence-corrected chi connectivity index (χ4v) is 3.72. The number of ether oxygens (including phenoxy) is 3. The number of anilines is 1. The number of esters is 1. The highest BCUT2D eigenvalue weighted by Gasteiger charge is 2.22. The van der Waals surface area contributed by atoms with Crippen molar-refractivity contribution < 1.29 is 23.8 Å². The van der Waals surface area contributed by atoms with E-state index >= 15 is 0 Å². The highest BCUT2D eigenvalue weighted by molar-refractivity contribution is 7.16. The lowest BCUT2D eigenvalue weighted by molar-refractivity contribution is 0.0593. The number of H-pyrrole nitrogens is 1. The first-order chi connectivity index (χ1) is 14.4. The molecule has 0 bridgehead atoms. The maximum Gasteiger partial charge on any atom is 0.357 e. The SMILES string of the molecule is COC(=O)c1nc(NC(=O)c2cc(-c3ccc(OC)c(OC)c3)n[nH]2)sc1C(C)C. The summed E-state index contributed by atoms with van der Waals surface area (Å²) in [4.78, 5) is 29.5. The van der Waals surface area contributed by atoms with Crippen LogP contribution < -0.4 is 14.8 Å². The van der Waals surface area contributed by atoms with E-state index in [4.69, 9.17) is 14.2 Å². The predicted molar refractivity (Wildman–Crippen MR) is 113 cm³/mol. The number of carbonyl (C=O) groups is 2. The molecule has 2 aromatic heterocycles. The van der Waals surface area contributed by atoms with Crippen molar-refractivity contribution in [3.8, 4) is 22.8 Å². The van der Waals surface area contributed by atoms with Gasteiger partial charge in [0.15, 0.2) is 22.3 Å². The van der Waals surface area contributed by atoms with Crippen LogP contribution in [0.3, 0.4) is 0 Å². The third-order valence-corrected chi connectivity index (χ3v) is 5.55. The van der Waals surface area contributed by atoms with Crippen molar-refractivity contribution in [1.82, 2.24) is 15.2 Å². The monoisotopic (exact) mass is 430 g/mol. The molecule has 10 heteroatoms.